The quantitative estimate of drug-likeness (QED) is 0.829. The van der Waals surface area contributed by atoms with Gasteiger partial charge in [0, 0.05) is 10.7 Å². The van der Waals surface area contributed by atoms with Crippen molar-refractivity contribution in [1.82, 2.24) is 0 Å². The Morgan fingerprint density at radius 3 is 2.55 bits per heavy atom. The molecule has 3 nitrogen and oxygen atoms in total. The minimum Gasteiger partial charge on any atom is -0.374 e. The van der Waals surface area contributed by atoms with Crippen molar-refractivity contribution in [3.8, 4) is 0 Å². The van der Waals surface area contributed by atoms with Gasteiger partial charge < -0.3 is 10.6 Å². The molecule has 2 rings (SSSR count). The fraction of sp³-hybridized carbons (Fsp3) is 0.133. The Morgan fingerprint density at radius 2 is 1.82 bits per heavy atom. The molecular formula is C15H12ClF3N2O. The van der Waals surface area contributed by atoms with E-state index in [2.05, 4.69) is 10.6 Å². The average molecular weight is 329 g/mol. The summed E-state index contributed by atoms with van der Waals surface area (Å²) >= 11 is 5.93. The van der Waals surface area contributed by atoms with Gasteiger partial charge in [-0.15, -0.1) is 0 Å². The lowest BCUT2D eigenvalue weighted by Crippen LogP contribution is -2.22. The number of carbonyl (C=O) groups is 1. The van der Waals surface area contributed by atoms with Crippen LogP contribution in [-0.2, 0) is 4.79 Å². The van der Waals surface area contributed by atoms with Gasteiger partial charge in [0.05, 0.1) is 12.2 Å². The summed E-state index contributed by atoms with van der Waals surface area (Å²) in [5, 5.41) is 5.50. The summed E-state index contributed by atoms with van der Waals surface area (Å²) in [5.41, 5.74) is 0.915. The third-order valence-corrected chi connectivity index (χ3v) is 3.43. The Balaban J connectivity index is 2.02. The highest BCUT2D eigenvalue weighted by Crippen LogP contribution is 2.23. The van der Waals surface area contributed by atoms with E-state index in [1.54, 1.807) is 25.1 Å². The first kappa shape index (κ1) is 16.2. The highest BCUT2D eigenvalue weighted by molar-refractivity contribution is 6.31. The van der Waals surface area contributed by atoms with Crippen LogP contribution in [0.4, 0.5) is 24.5 Å². The van der Waals surface area contributed by atoms with Gasteiger partial charge in [0.2, 0.25) is 5.91 Å². The lowest BCUT2D eigenvalue weighted by molar-refractivity contribution is -0.114. The molecule has 0 aliphatic carbocycles. The van der Waals surface area contributed by atoms with Gasteiger partial charge in [-0.25, -0.2) is 13.2 Å². The van der Waals surface area contributed by atoms with Gasteiger partial charge in [0.1, 0.15) is 0 Å². The van der Waals surface area contributed by atoms with E-state index in [9.17, 15) is 18.0 Å². The van der Waals surface area contributed by atoms with Gasteiger partial charge in [0.25, 0.3) is 0 Å². The van der Waals surface area contributed by atoms with Crippen LogP contribution >= 0.6 is 11.6 Å². The highest BCUT2D eigenvalue weighted by atomic mass is 35.5. The zero-order chi connectivity index (χ0) is 16.3. The van der Waals surface area contributed by atoms with Crippen molar-refractivity contribution in [2.24, 2.45) is 0 Å². The van der Waals surface area contributed by atoms with Crippen LogP contribution in [0.2, 0.25) is 5.02 Å². The number of amides is 1. The third kappa shape index (κ3) is 3.51. The van der Waals surface area contributed by atoms with E-state index in [0.717, 1.165) is 12.1 Å². The summed E-state index contributed by atoms with van der Waals surface area (Å²) in [6.45, 7) is 1.42. The molecule has 22 heavy (non-hydrogen) atoms. The summed E-state index contributed by atoms with van der Waals surface area (Å²) in [7, 11) is 0. The van der Waals surface area contributed by atoms with E-state index >= 15 is 0 Å². The minimum atomic E-state index is -1.59. The molecule has 0 heterocycles. The van der Waals surface area contributed by atoms with E-state index in [4.69, 9.17) is 11.6 Å². The molecule has 0 spiro atoms. The smallest absolute Gasteiger partial charge is 0.243 e. The van der Waals surface area contributed by atoms with Crippen LogP contribution in [0.3, 0.4) is 0 Å². The Hall–Kier alpha value is -2.21. The zero-order valence-electron chi connectivity index (χ0n) is 11.5. The molecule has 0 atom stereocenters. The number of carbonyl (C=O) groups excluding carboxylic acids is 1. The first-order chi connectivity index (χ1) is 10.4. The van der Waals surface area contributed by atoms with Gasteiger partial charge >= 0.3 is 0 Å². The summed E-state index contributed by atoms with van der Waals surface area (Å²) in [5.74, 6) is -4.72. The number of anilines is 2. The molecule has 0 unspecified atom stereocenters. The van der Waals surface area contributed by atoms with Crippen molar-refractivity contribution < 1.29 is 18.0 Å². The summed E-state index contributed by atoms with van der Waals surface area (Å²) < 4.78 is 39.3. The minimum absolute atomic E-state index is 0.295. The molecule has 1 amide bonds. The van der Waals surface area contributed by atoms with Gasteiger partial charge in [0.15, 0.2) is 17.5 Å². The SMILES string of the molecule is Cc1c(Cl)cccc1NC(=O)CNc1ccc(F)c(F)c1F. The van der Waals surface area contributed by atoms with E-state index in [1.165, 1.54) is 0 Å². The van der Waals surface area contributed by atoms with Gasteiger partial charge in [-0.05, 0) is 36.8 Å². The molecule has 0 fully saturated rings. The van der Waals surface area contributed by atoms with Crippen molar-refractivity contribution in [1.29, 1.82) is 0 Å². The standard InChI is InChI=1S/C15H12ClF3N2O/c1-8-9(16)3-2-4-11(8)21-13(22)7-20-12-6-5-10(17)14(18)15(12)19/h2-6,20H,7H2,1H3,(H,21,22). The largest absolute Gasteiger partial charge is 0.374 e. The second-order valence-corrected chi connectivity index (χ2v) is 4.94. The molecule has 116 valence electrons. The molecule has 0 saturated heterocycles. The highest BCUT2D eigenvalue weighted by Gasteiger charge is 2.14. The van der Waals surface area contributed by atoms with Gasteiger partial charge in [-0.3, -0.25) is 4.79 Å². The van der Waals surface area contributed by atoms with Crippen LogP contribution in [0.25, 0.3) is 0 Å². The van der Waals surface area contributed by atoms with E-state index < -0.39 is 23.4 Å². The summed E-state index contributed by atoms with van der Waals surface area (Å²) in [6, 6.07) is 6.82. The Morgan fingerprint density at radius 1 is 1.09 bits per heavy atom. The maximum absolute atomic E-state index is 13.4. The van der Waals surface area contributed by atoms with Crippen molar-refractivity contribution in [3.05, 3.63) is 58.4 Å². The Kier molecular flexibility index (Phi) is 4.92. The lowest BCUT2D eigenvalue weighted by atomic mass is 10.2. The first-order valence-corrected chi connectivity index (χ1v) is 6.70. The predicted molar refractivity (Wildman–Crippen MR) is 79.6 cm³/mol. The number of hydrogen-bond acceptors (Lipinski definition) is 2. The van der Waals surface area contributed by atoms with Crippen LogP contribution in [0.1, 0.15) is 5.56 Å². The number of hydrogen-bond donors (Lipinski definition) is 2. The van der Waals surface area contributed by atoms with Crippen molar-refractivity contribution in [3.63, 3.8) is 0 Å². The zero-order valence-corrected chi connectivity index (χ0v) is 12.3. The first-order valence-electron chi connectivity index (χ1n) is 6.32. The number of benzene rings is 2. The molecule has 0 radical (unpaired) electrons. The van der Waals surface area contributed by atoms with Crippen LogP contribution in [-0.4, -0.2) is 12.5 Å². The number of nitrogens with one attached hydrogen (secondary N) is 2. The van der Waals surface area contributed by atoms with Crippen molar-refractivity contribution in [2.45, 2.75) is 6.92 Å². The second-order valence-electron chi connectivity index (χ2n) is 4.54. The number of rotatable bonds is 4. The predicted octanol–water partition coefficient (Wildman–Crippen LogP) is 4.12. The molecule has 0 aliphatic heterocycles. The van der Waals surface area contributed by atoms with Crippen LogP contribution in [0.15, 0.2) is 30.3 Å². The normalized spacial score (nSPS) is 10.4. The molecule has 0 aliphatic rings. The van der Waals surface area contributed by atoms with Crippen LogP contribution in [0, 0.1) is 24.4 Å². The average Bonchev–Trinajstić information content (AvgIpc) is 2.49. The monoisotopic (exact) mass is 328 g/mol. The Bertz CT molecular complexity index is 722. The number of halogens is 4. The van der Waals surface area contributed by atoms with Gasteiger partial charge in [-0.1, -0.05) is 17.7 Å². The molecule has 2 aromatic rings. The van der Waals surface area contributed by atoms with E-state index in [-0.39, 0.29) is 12.2 Å². The molecule has 0 aromatic heterocycles. The fourth-order valence-corrected chi connectivity index (χ4v) is 1.95. The van der Waals surface area contributed by atoms with Gasteiger partial charge in [-0.2, -0.15) is 0 Å². The molecule has 7 heteroatoms. The van der Waals surface area contributed by atoms with E-state index in [1.807, 2.05) is 0 Å². The fourth-order valence-electron chi connectivity index (χ4n) is 1.78. The van der Waals surface area contributed by atoms with Crippen molar-refractivity contribution >= 4 is 28.9 Å². The van der Waals surface area contributed by atoms with Crippen molar-refractivity contribution in [2.75, 3.05) is 17.2 Å². The maximum atomic E-state index is 13.4. The molecule has 0 bridgehead atoms. The van der Waals surface area contributed by atoms with Crippen LogP contribution < -0.4 is 10.6 Å². The third-order valence-electron chi connectivity index (χ3n) is 3.02. The maximum Gasteiger partial charge on any atom is 0.243 e. The lowest BCUT2D eigenvalue weighted by Gasteiger charge is -2.11. The second kappa shape index (κ2) is 6.70. The molecule has 2 N–H and O–H groups in total. The molecule has 2 aromatic carbocycles. The Labute approximate surface area is 130 Å². The van der Waals surface area contributed by atoms with Crippen LogP contribution in [0.5, 0.6) is 0 Å². The summed E-state index contributed by atoms with van der Waals surface area (Å²) in [4.78, 5) is 11.8. The molecular weight excluding hydrogens is 317 g/mol. The van der Waals surface area contributed by atoms with E-state index in [0.29, 0.717) is 16.3 Å². The topological polar surface area (TPSA) is 41.1 Å². The molecule has 0 saturated carbocycles. The summed E-state index contributed by atoms with van der Waals surface area (Å²) in [6.07, 6.45) is 0.